The van der Waals surface area contributed by atoms with Crippen molar-refractivity contribution in [2.45, 2.75) is 19.9 Å². The Morgan fingerprint density at radius 1 is 1.10 bits per heavy atom. The van der Waals surface area contributed by atoms with E-state index >= 15 is 0 Å². The van der Waals surface area contributed by atoms with Gasteiger partial charge in [0.1, 0.15) is 5.75 Å². The van der Waals surface area contributed by atoms with Crippen LogP contribution in [-0.4, -0.2) is 13.7 Å². The Balaban J connectivity index is 1.79. The zero-order valence-corrected chi connectivity index (χ0v) is 13.5. The first-order valence-electron chi connectivity index (χ1n) is 6.77. The van der Waals surface area contributed by atoms with Crippen molar-refractivity contribution in [1.29, 1.82) is 0 Å². The van der Waals surface area contributed by atoms with E-state index in [9.17, 15) is 0 Å². The molecule has 0 saturated carbocycles. The van der Waals surface area contributed by atoms with Crippen molar-refractivity contribution in [1.82, 2.24) is 5.32 Å². The highest BCUT2D eigenvalue weighted by molar-refractivity contribution is 9.10. The summed E-state index contributed by atoms with van der Waals surface area (Å²) >= 11 is 3.57. The molecule has 0 unspecified atom stereocenters. The molecule has 0 aliphatic carbocycles. The maximum absolute atomic E-state index is 5.23. The molecule has 0 saturated heterocycles. The monoisotopic (exact) mass is 333 g/mol. The lowest BCUT2D eigenvalue weighted by molar-refractivity contribution is 0.414. The van der Waals surface area contributed by atoms with Crippen LogP contribution < -0.4 is 10.1 Å². The third kappa shape index (κ3) is 4.36. The minimum absolute atomic E-state index is 0.892. The molecule has 0 bridgehead atoms. The predicted molar refractivity (Wildman–Crippen MR) is 87.3 cm³/mol. The van der Waals surface area contributed by atoms with E-state index in [1.807, 2.05) is 12.1 Å². The number of methoxy groups -OCH3 is 1. The third-order valence-corrected chi connectivity index (χ3v) is 4.14. The van der Waals surface area contributed by atoms with Gasteiger partial charge < -0.3 is 10.1 Å². The van der Waals surface area contributed by atoms with E-state index in [-0.39, 0.29) is 0 Å². The van der Waals surface area contributed by atoms with Crippen molar-refractivity contribution in [2.75, 3.05) is 13.7 Å². The zero-order valence-electron chi connectivity index (χ0n) is 11.9. The average molecular weight is 334 g/mol. The number of hydrogen-bond acceptors (Lipinski definition) is 2. The zero-order chi connectivity index (χ0) is 14.4. The van der Waals surface area contributed by atoms with Crippen LogP contribution in [0.1, 0.15) is 16.7 Å². The normalized spacial score (nSPS) is 10.6. The van der Waals surface area contributed by atoms with E-state index in [1.54, 1.807) is 7.11 Å². The Hall–Kier alpha value is -1.32. The largest absolute Gasteiger partial charge is 0.497 e. The number of ether oxygens (including phenoxy) is 1. The van der Waals surface area contributed by atoms with Gasteiger partial charge in [-0.3, -0.25) is 0 Å². The minimum atomic E-state index is 0.892. The molecule has 2 nitrogen and oxygen atoms in total. The molecule has 0 aliphatic rings. The minimum Gasteiger partial charge on any atom is -0.497 e. The molecule has 0 spiro atoms. The smallest absolute Gasteiger partial charge is 0.119 e. The summed E-state index contributed by atoms with van der Waals surface area (Å²) in [7, 11) is 1.70. The molecule has 2 aromatic carbocycles. The highest BCUT2D eigenvalue weighted by Crippen LogP contribution is 2.17. The lowest BCUT2D eigenvalue weighted by Gasteiger charge is -2.08. The first-order valence-corrected chi connectivity index (χ1v) is 7.57. The second kappa shape index (κ2) is 7.46. The first kappa shape index (κ1) is 15.1. The molecule has 0 heterocycles. The molecule has 0 fully saturated rings. The van der Waals surface area contributed by atoms with Crippen LogP contribution in [0.3, 0.4) is 0 Å². The van der Waals surface area contributed by atoms with Gasteiger partial charge in [-0.25, -0.2) is 0 Å². The van der Waals surface area contributed by atoms with Crippen LogP contribution in [0, 0.1) is 6.92 Å². The van der Waals surface area contributed by atoms with E-state index in [2.05, 4.69) is 58.5 Å². The Labute approximate surface area is 129 Å². The standard InChI is InChI=1S/C17H20BrNO/c1-13-6-7-15(11-17(13)18)12-19-9-8-14-4-3-5-16(10-14)20-2/h3-7,10-11,19H,8-9,12H2,1-2H3. The Morgan fingerprint density at radius 3 is 2.70 bits per heavy atom. The van der Waals surface area contributed by atoms with Gasteiger partial charge >= 0.3 is 0 Å². The van der Waals surface area contributed by atoms with E-state index < -0.39 is 0 Å². The van der Waals surface area contributed by atoms with Gasteiger partial charge in [-0.2, -0.15) is 0 Å². The summed E-state index contributed by atoms with van der Waals surface area (Å²) in [6, 6.07) is 14.7. The lowest BCUT2D eigenvalue weighted by Crippen LogP contribution is -2.16. The molecule has 106 valence electrons. The van der Waals surface area contributed by atoms with Crippen molar-refractivity contribution < 1.29 is 4.74 Å². The van der Waals surface area contributed by atoms with Crippen LogP contribution >= 0.6 is 15.9 Å². The van der Waals surface area contributed by atoms with Gasteiger partial charge in [0.25, 0.3) is 0 Å². The van der Waals surface area contributed by atoms with Crippen LogP contribution in [0.25, 0.3) is 0 Å². The molecule has 0 amide bonds. The Bertz CT molecular complexity index is 569. The van der Waals surface area contributed by atoms with Crippen molar-refractivity contribution in [3.8, 4) is 5.75 Å². The topological polar surface area (TPSA) is 21.3 Å². The summed E-state index contributed by atoms with van der Waals surface area (Å²) in [6.45, 7) is 3.95. The maximum atomic E-state index is 5.23. The van der Waals surface area contributed by atoms with E-state index in [0.717, 1.165) is 25.3 Å². The van der Waals surface area contributed by atoms with Gasteiger partial charge in [-0.05, 0) is 54.8 Å². The highest BCUT2D eigenvalue weighted by Gasteiger charge is 1.99. The number of halogens is 1. The van der Waals surface area contributed by atoms with Crippen molar-refractivity contribution in [3.63, 3.8) is 0 Å². The van der Waals surface area contributed by atoms with Crippen LogP contribution in [0.5, 0.6) is 5.75 Å². The van der Waals surface area contributed by atoms with Crippen LogP contribution in [0.2, 0.25) is 0 Å². The Kier molecular flexibility index (Phi) is 5.62. The maximum Gasteiger partial charge on any atom is 0.119 e. The van der Waals surface area contributed by atoms with Gasteiger partial charge in [-0.15, -0.1) is 0 Å². The number of benzene rings is 2. The summed E-state index contributed by atoms with van der Waals surface area (Å²) in [6.07, 6.45) is 1.00. The number of aryl methyl sites for hydroxylation is 1. The lowest BCUT2D eigenvalue weighted by atomic mass is 10.1. The van der Waals surface area contributed by atoms with Crippen LogP contribution in [0.4, 0.5) is 0 Å². The van der Waals surface area contributed by atoms with Crippen molar-refractivity contribution in [2.24, 2.45) is 0 Å². The number of nitrogens with one attached hydrogen (secondary N) is 1. The summed E-state index contributed by atoms with van der Waals surface area (Å²) < 4.78 is 6.40. The SMILES string of the molecule is COc1cccc(CCNCc2ccc(C)c(Br)c2)c1. The molecule has 0 aromatic heterocycles. The fourth-order valence-electron chi connectivity index (χ4n) is 2.04. The molecule has 0 atom stereocenters. The second-order valence-electron chi connectivity index (χ2n) is 4.86. The van der Waals surface area contributed by atoms with Gasteiger partial charge in [-0.1, -0.05) is 40.2 Å². The van der Waals surface area contributed by atoms with Gasteiger partial charge in [0, 0.05) is 11.0 Å². The number of rotatable bonds is 6. The van der Waals surface area contributed by atoms with E-state index in [1.165, 1.54) is 21.2 Å². The molecule has 3 heteroatoms. The molecular formula is C17H20BrNO. The molecule has 1 N–H and O–H groups in total. The molecule has 2 aromatic rings. The summed E-state index contributed by atoms with van der Waals surface area (Å²) in [4.78, 5) is 0. The van der Waals surface area contributed by atoms with Crippen LogP contribution in [0.15, 0.2) is 46.9 Å². The fourth-order valence-corrected chi connectivity index (χ4v) is 2.47. The molecule has 2 rings (SSSR count). The molecule has 20 heavy (non-hydrogen) atoms. The second-order valence-corrected chi connectivity index (χ2v) is 5.72. The third-order valence-electron chi connectivity index (χ3n) is 3.29. The predicted octanol–water partition coefficient (Wildman–Crippen LogP) is 4.10. The molecular weight excluding hydrogens is 314 g/mol. The van der Waals surface area contributed by atoms with Crippen molar-refractivity contribution in [3.05, 3.63) is 63.6 Å². The quantitative estimate of drug-likeness (QED) is 0.803. The fraction of sp³-hybridized carbons (Fsp3) is 0.294. The first-order chi connectivity index (χ1) is 9.69. The number of hydrogen-bond donors (Lipinski definition) is 1. The summed E-state index contributed by atoms with van der Waals surface area (Å²) in [5.74, 6) is 0.921. The highest BCUT2D eigenvalue weighted by atomic mass is 79.9. The van der Waals surface area contributed by atoms with Crippen LogP contribution in [-0.2, 0) is 13.0 Å². The Morgan fingerprint density at radius 2 is 1.95 bits per heavy atom. The summed E-state index contributed by atoms with van der Waals surface area (Å²) in [5, 5.41) is 3.47. The van der Waals surface area contributed by atoms with Gasteiger partial charge in [0.2, 0.25) is 0 Å². The molecule has 0 radical (unpaired) electrons. The van der Waals surface area contributed by atoms with Gasteiger partial charge in [0.15, 0.2) is 0 Å². The van der Waals surface area contributed by atoms with Crippen molar-refractivity contribution >= 4 is 15.9 Å². The average Bonchev–Trinajstić information content (AvgIpc) is 2.47. The van der Waals surface area contributed by atoms with E-state index in [4.69, 9.17) is 4.74 Å². The summed E-state index contributed by atoms with van der Waals surface area (Å²) in [5.41, 5.74) is 3.86. The van der Waals surface area contributed by atoms with Gasteiger partial charge in [0.05, 0.1) is 7.11 Å². The van der Waals surface area contributed by atoms with E-state index in [0.29, 0.717) is 0 Å². The molecule has 0 aliphatic heterocycles.